The van der Waals surface area contributed by atoms with E-state index in [0.29, 0.717) is 0 Å². The Bertz CT molecular complexity index is 2190. The Morgan fingerprint density at radius 2 is 1.27 bits per heavy atom. The van der Waals surface area contributed by atoms with Crippen LogP contribution in [0.1, 0.15) is 49.3 Å². The van der Waals surface area contributed by atoms with Gasteiger partial charge in [0.25, 0.3) is 3.79 Å². The normalized spacial score (nSPS) is 28.2. The first-order chi connectivity index (χ1) is 31.6. The summed E-state index contributed by atoms with van der Waals surface area (Å²) in [5, 5.41) is 12.4. The summed E-state index contributed by atoms with van der Waals surface area (Å²) in [5.41, 5.74) is 13.5. The highest BCUT2D eigenvalue weighted by atomic mass is 35.6. The number of benzene rings is 4. The molecule has 11 atom stereocenters. The first-order valence-electron chi connectivity index (χ1n) is 21.9. The highest BCUT2D eigenvalue weighted by Crippen LogP contribution is 2.44. The summed E-state index contributed by atoms with van der Waals surface area (Å²) in [6.45, 7) is 11.4. The van der Waals surface area contributed by atoms with E-state index in [1.54, 1.807) is 0 Å². The number of rotatable bonds is 17. The maximum Gasteiger partial charge on any atom is 0.265 e. The van der Waals surface area contributed by atoms with E-state index in [-0.39, 0.29) is 38.1 Å². The number of fused-ring (bicyclic) bond motifs is 1. The molecule has 0 amide bonds. The Morgan fingerprint density at radius 3 is 1.82 bits per heavy atom. The Kier molecular flexibility index (Phi) is 17.3. The number of hydrogen-bond donors (Lipinski definition) is 1. The Morgan fingerprint density at radius 1 is 0.727 bits per heavy atom. The number of azide groups is 1. The molecule has 0 saturated carbocycles. The van der Waals surface area contributed by atoms with Crippen LogP contribution in [0.5, 0.6) is 0 Å². The van der Waals surface area contributed by atoms with Gasteiger partial charge in [0.05, 0.1) is 33.0 Å². The van der Waals surface area contributed by atoms with E-state index in [1.807, 2.05) is 121 Å². The highest BCUT2D eigenvalue weighted by molar-refractivity contribution is 6.76. The second kappa shape index (κ2) is 22.7. The van der Waals surface area contributed by atoms with Crippen molar-refractivity contribution in [2.45, 2.75) is 130 Å². The van der Waals surface area contributed by atoms with Gasteiger partial charge in [0.1, 0.15) is 48.8 Å². The third-order valence-electron chi connectivity index (χ3n) is 12.1. The van der Waals surface area contributed by atoms with Crippen LogP contribution in [0.4, 0.5) is 0 Å². The third kappa shape index (κ3) is 12.9. The van der Waals surface area contributed by atoms with Crippen LogP contribution in [0.15, 0.2) is 126 Å². The van der Waals surface area contributed by atoms with Gasteiger partial charge >= 0.3 is 0 Å². The van der Waals surface area contributed by atoms with Gasteiger partial charge in [0.15, 0.2) is 20.9 Å². The smallest absolute Gasteiger partial charge is 0.265 e. The average molecular weight is 984 g/mol. The minimum absolute atomic E-state index is 0.0544. The molecule has 18 heteroatoms. The van der Waals surface area contributed by atoms with Crippen LogP contribution in [0, 0.1) is 5.41 Å². The van der Waals surface area contributed by atoms with Crippen LogP contribution in [-0.2, 0) is 66.9 Å². The van der Waals surface area contributed by atoms with Crippen LogP contribution in [0.25, 0.3) is 10.4 Å². The van der Waals surface area contributed by atoms with Crippen LogP contribution in [-0.4, -0.2) is 92.6 Å². The molecule has 0 radical (unpaired) electrons. The van der Waals surface area contributed by atoms with Crippen molar-refractivity contribution < 1.29 is 47.1 Å². The number of nitrogens with zero attached hydrogens (tertiary/aromatic N) is 3. The van der Waals surface area contributed by atoms with Crippen molar-refractivity contribution in [3.63, 3.8) is 0 Å². The zero-order valence-corrected chi connectivity index (χ0v) is 40.8. The predicted molar refractivity (Wildman–Crippen MR) is 252 cm³/mol. The lowest BCUT2D eigenvalue weighted by Crippen LogP contribution is -2.68. The lowest BCUT2D eigenvalue weighted by Gasteiger charge is -2.53. The third-order valence-corrected chi connectivity index (χ3v) is 17.1. The van der Waals surface area contributed by atoms with Crippen molar-refractivity contribution in [2.75, 3.05) is 13.2 Å². The summed E-state index contributed by atoms with van der Waals surface area (Å²) in [5.74, 6) is -0.756. The SMILES string of the molecule is CC(C)(C)[Si](C)(C)O[C@@H]1[C@H](OCc2ccccc2)[C@H](O[C@H]2[C@H](OCc3ccccc3)[C@@H](N=[N+]=[N-])[C@@H](OC(=N)C(Cl)(Cl)Cl)O[C@@H]2COCc2ccccc2)O[C@@H]2CO[C@@H](c3ccccc3)O[C@@H]12. The van der Waals surface area contributed by atoms with Gasteiger partial charge in [-0.1, -0.05) is 182 Å². The molecule has 3 aliphatic heterocycles. The van der Waals surface area contributed by atoms with Gasteiger partial charge in [-0.25, -0.2) is 0 Å². The largest absolute Gasteiger partial charge is 0.448 e. The molecule has 0 unspecified atom stereocenters. The van der Waals surface area contributed by atoms with Crippen molar-refractivity contribution >= 4 is 49.0 Å². The fourth-order valence-electron chi connectivity index (χ4n) is 7.66. The van der Waals surface area contributed by atoms with Crippen molar-refractivity contribution in [3.05, 3.63) is 154 Å². The van der Waals surface area contributed by atoms with Gasteiger partial charge in [0, 0.05) is 10.5 Å². The molecule has 3 fully saturated rings. The molecule has 14 nitrogen and oxygen atoms in total. The van der Waals surface area contributed by atoms with Gasteiger partial charge < -0.3 is 47.1 Å². The van der Waals surface area contributed by atoms with Gasteiger partial charge in [-0.05, 0) is 40.4 Å². The maximum absolute atomic E-state index is 10.0. The first-order valence-corrected chi connectivity index (χ1v) is 25.9. The molecule has 0 aromatic heterocycles. The molecule has 0 aliphatic carbocycles. The average Bonchev–Trinajstić information content (AvgIpc) is 3.30. The molecule has 3 heterocycles. The summed E-state index contributed by atoms with van der Waals surface area (Å²) in [6.07, 6.45) is -9.62. The van der Waals surface area contributed by atoms with Crippen molar-refractivity contribution in [3.8, 4) is 0 Å². The van der Waals surface area contributed by atoms with E-state index >= 15 is 0 Å². The number of nitrogens with one attached hydrogen (secondary N) is 1. The van der Waals surface area contributed by atoms with Gasteiger partial charge in [0.2, 0.25) is 12.2 Å². The highest BCUT2D eigenvalue weighted by Gasteiger charge is 2.57. The van der Waals surface area contributed by atoms with Crippen LogP contribution < -0.4 is 0 Å². The van der Waals surface area contributed by atoms with Crippen LogP contribution in [0.3, 0.4) is 0 Å². The molecule has 3 aliphatic rings. The maximum atomic E-state index is 10.0. The summed E-state index contributed by atoms with van der Waals surface area (Å²) < 4.78 is 64.9. The summed E-state index contributed by atoms with van der Waals surface area (Å²) in [6, 6.07) is 37.3. The van der Waals surface area contributed by atoms with E-state index in [2.05, 4.69) is 43.9 Å². The first kappa shape index (κ1) is 50.3. The van der Waals surface area contributed by atoms with Crippen molar-refractivity contribution in [2.24, 2.45) is 5.11 Å². The van der Waals surface area contributed by atoms with Crippen LogP contribution in [0.2, 0.25) is 18.1 Å². The van der Waals surface area contributed by atoms with E-state index in [9.17, 15) is 5.53 Å². The van der Waals surface area contributed by atoms with Gasteiger partial charge in [-0.3, -0.25) is 5.41 Å². The summed E-state index contributed by atoms with van der Waals surface area (Å²) in [4.78, 5) is 3.16. The predicted octanol–water partition coefficient (Wildman–Crippen LogP) is 10.8. The van der Waals surface area contributed by atoms with Gasteiger partial charge in [-0.15, -0.1) is 0 Å². The molecule has 4 aromatic rings. The van der Waals surface area contributed by atoms with E-state index in [1.165, 1.54) is 0 Å². The Hall–Kier alpha value is -3.61. The second-order valence-corrected chi connectivity index (χ2v) is 24.9. The van der Waals surface area contributed by atoms with E-state index in [0.717, 1.165) is 22.3 Å². The van der Waals surface area contributed by atoms with Crippen molar-refractivity contribution in [1.29, 1.82) is 5.41 Å². The Balaban J connectivity index is 1.30. The monoisotopic (exact) mass is 982 g/mol. The van der Waals surface area contributed by atoms with E-state index < -0.39 is 85.6 Å². The van der Waals surface area contributed by atoms with Crippen molar-refractivity contribution in [1.82, 2.24) is 0 Å². The minimum atomic E-state index is -2.60. The molecule has 1 N–H and O–H groups in total. The molecule has 354 valence electrons. The Labute approximate surface area is 402 Å². The number of alkyl halides is 3. The standard InChI is InChI=1S/C48H57Cl3N4O10Si/c1-47(2,3)66(4,5)65-41-39-36(30-59-43(62-39)34-24-16-9-17-25-34)61-45(42(41)58-28-33-22-14-8-15-23-33)63-38-35(29-56-26-31-18-10-6-11-19-31)60-44(64-46(52)48(49,50)51)37(54-55-53)40(38)57-27-32-20-12-7-13-21-32/h6-25,35-45,52H,26-30H2,1-5H3/t35-,36-,37-,38-,39-,40-,41+,42+,43-,44-,45+/m1/s1. The lowest BCUT2D eigenvalue weighted by molar-refractivity contribution is -0.384. The molecule has 0 bridgehead atoms. The quantitative estimate of drug-likeness (QED) is 0.0205. The lowest BCUT2D eigenvalue weighted by atomic mass is 9.95. The zero-order chi connectivity index (χ0) is 46.9. The molecule has 4 aromatic carbocycles. The summed E-state index contributed by atoms with van der Waals surface area (Å²) in [7, 11) is -2.60. The molecular formula is C48H57Cl3N4O10Si. The molecule has 66 heavy (non-hydrogen) atoms. The minimum Gasteiger partial charge on any atom is -0.448 e. The molecule has 3 saturated heterocycles. The zero-order valence-electron chi connectivity index (χ0n) is 37.5. The molecule has 0 spiro atoms. The fraction of sp³-hybridized carbons (Fsp3) is 0.479. The number of hydrogen-bond acceptors (Lipinski definition) is 12. The van der Waals surface area contributed by atoms with Crippen LogP contribution >= 0.6 is 34.8 Å². The van der Waals surface area contributed by atoms with E-state index in [4.69, 9.17) is 87.3 Å². The number of ether oxygens (including phenoxy) is 9. The number of halogens is 3. The molecule has 7 rings (SSSR count). The fourth-order valence-corrected chi connectivity index (χ4v) is 9.10. The molecular weight excluding hydrogens is 927 g/mol. The van der Waals surface area contributed by atoms with Gasteiger partial charge in [-0.2, -0.15) is 0 Å². The topological polar surface area (TPSA) is 165 Å². The summed E-state index contributed by atoms with van der Waals surface area (Å²) >= 11 is 18.3. The second-order valence-electron chi connectivity index (χ2n) is 17.9.